The number of primary amides is 1. The first-order valence-electron chi connectivity index (χ1n) is 6.30. The number of ether oxygens (including phenoxy) is 1. The Labute approximate surface area is 125 Å². The Hall–Kier alpha value is -2.96. The van der Waals surface area contributed by atoms with Crippen LogP contribution in [0.3, 0.4) is 0 Å². The van der Waals surface area contributed by atoms with E-state index in [4.69, 9.17) is 10.5 Å². The van der Waals surface area contributed by atoms with Crippen LogP contribution in [-0.2, 0) is 6.61 Å². The third-order valence-corrected chi connectivity index (χ3v) is 2.71. The van der Waals surface area contributed by atoms with Gasteiger partial charge in [0.2, 0.25) is 0 Å². The third-order valence-electron chi connectivity index (χ3n) is 2.71. The van der Waals surface area contributed by atoms with Crippen molar-refractivity contribution in [3.63, 3.8) is 0 Å². The quantitative estimate of drug-likeness (QED) is 0.658. The molecule has 0 spiro atoms. The summed E-state index contributed by atoms with van der Waals surface area (Å²) in [4.78, 5) is 10.4. The summed E-state index contributed by atoms with van der Waals surface area (Å²) in [7, 11) is 0. The zero-order valence-corrected chi connectivity index (χ0v) is 11.4. The molecule has 22 heavy (non-hydrogen) atoms. The minimum Gasteiger partial charge on any atom is -0.489 e. The number of hydrogen-bond acceptors (Lipinski definition) is 3. The molecule has 0 atom stereocenters. The van der Waals surface area contributed by atoms with E-state index in [0.717, 1.165) is 0 Å². The summed E-state index contributed by atoms with van der Waals surface area (Å²) in [6.45, 7) is -0.213. The molecule has 114 valence electrons. The molecule has 5 nitrogen and oxygen atoms in total. The van der Waals surface area contributed by atoms with Crippen LogP contribution in [-0.4, -0.2) is 12.2 Å². The Morgan fingerprint density at radius 1 is 1.18 bits per heavy atom. The fraction of sp³-hybridized carbons (Fsp3) is 0.0667. The maximum Gasteiger partial charge on any atom is 0.332 e. The van der Waals surface area contributed by atoms with Gasteiger partial charge in [0.15, 0.2) is 0 Å². The maximum atomic E-state index is 13.4. The summed E-state index contributed by atoms with van der Waals surface area (Å²) in [5, 5.41) is 3.60. The second-order valence-electron chi connectivity index (χ2n) is 4.29. The molecule has 2 amide bonds. The summed E-state index contributed by atoms with van der Waals surface area (Å²) >= 11 is 0. The van der Waals surface area contributed by atoms with Crippen molar-refractivity contribution in [2.75, 3.05) is 0 Å². The molecule has 0 aliphatic carbocycles. The topological polar surface area (TPSA) is 76.7 Å². The van der Waals surface area contributed by atoms with Gasteiger partial charge in [-0.05, 0) is 42.0 Å². The molecule has 0 aliphatic heterocycles. The fourth-order valence-electron chi connectivity index (χ4n) is 1.65. The van der Waals surface area contributed by atoms with E-state index in [-0.39, 0.29) is 12.2 Å². The lowest BCUT2D eigenvalue weighted by molar-refractivity contribution is 0.249. The fourth-order valence-corrected chi connectivity index (χ4v) is 1.65. The van der Waals surface area contributed by atoms with Gasteiger partial charge in [-0.25, -0.2) is 19.0 Å². The molecule has 2 rings (SSSR count). The second kappa shape index (κ2) is 7.16. The molecule has 3 N–H and O–H groups in total. The number of benzene rings is 2. The van der Waals surface area contributed by atoms with E-state index in [1.807, 2.05) is 0 Å². The van der Waals surface area contributed by atoms with Gasteiger partial charge >= 0.3 is 6.03 Å². The van der Waals surface area contributed by atoms with E-state index in [9.17, 15) is 13.6 Å². The van der Waals surface area contributed by atoms with Crippen molar-refractivity contribution >= 4 is 12.2 Å². The number of hydrogen-bond donors (Lipinski definition) is 2. The standard InChI is InChI=1S/C15H13F2N3O2/c16-13-2-1-3-14(17)12(13)9-22-11-6-4-10(5-7-11)8-19-20-15(18)21/h1-8H,9H2,(H3,18,20,21). The van der Waals surface area contributed by atoms with Crippen molar-refractivity contribution < 1.29 is 18.3 Å². The van der Waals surface area contributed by atoms with Gasteiger partial charge in [0.05, 0.1) is 11.8 Å². The lowest BCUT2D eigenvalue weighted by atomic mass is 10.2. The molecule has 0 fully saturated rings. The van der Waals surface area contributed by atoms with Crippen molar-refractivity contribution in [1.82, 2.24) is 5.43 Å². The largest absolute Gasteiger partial charge is 0.489 e. The number of amides is 2. The Balaban J connectivity index is 1.97. The normalized spacial score (nSPS) is 10.6. The Bertz CT molecular complexity index is 667. The average molecular weight is 305 g/mol. The van der Waals surface area contributed by atoms with Crippen LogP contribution in [0.1, 0.15) is 11.1 Å². The molecule has 0 aliphatic rings. The molecule has 0 aromatic heterocycles. The maximum absolute atomic E-state index is 13.4. The van der Waals surface area contributed by atoms with Crippen LogP contribution in [0.5, 0.6) is 5.75 Å². The third kappa shape index (κ3) is 4.27. The minimum absolute atomic E-state index is 0.126. The van der Waals surface area contributed by atoms with Crippen LogP contribution in [0.25, 0.3) is 0 Å². The summed E-state index contributed by atoms with van der Waals surface area (Å²) in [6.07, 6.45) is 1.39. The second-order valence-corrected chi connectivity index (χ2v) is 4.29. The van der Waals surface area contributed by atoms with Gasteiger partial charge in [-0.2, -0.15) is 5.10 Å². The predicted molar refractivity (Wildman–Crippen MR) is 77.4 cm³/mol. The molecule has 0 bridgehead atoms. The van der Waals surface area contributed by atoms with Gasteiger partial charge in [-0.3, -0.25) is 0 Å². The summed E-state index contributed by atoms with van der Waals surface area (Å²) in [5.74, 6) is -0.856. The number of carbonyl (C=O) groups excluding carboxylic acids is 1. The zero-order valence-electron chi connectivity index (χ0n) is 11.4. The number of hydrazone groups is 1. The Kier molecular flexibility index (Phi) is 5.02. The summed E-state index contributed by atoms with van der Waals surface area (Å²) < 4.78 is 32.2. The number of nitrogens with zero attached hydrogens (tertiary/aromatic N) is 1. The molecule has 2 aromatic carbocycles. The van der Waals surface area contributed by atoms with Gasteiger partial charge in [0.1, 0.15) is 24.0 Å². The molecule has 0 saturated heterocycles. The molecule has 0 unspecified atom stereocenters. The molecule has 2 aromatic rings. The zero-order chi connectivity index (χ0) is 15.9. The predicted octanol–water partition coefficient (Wildman–Crippen LogP) is 2.55. The molecule has 0 heterocycles. The number of carbonyl (C=O) groups is 1. The van der Waals surface area contributed by atoms with Crippen molar-refractivity contribution in [3.05, 3.63) is 65.2 Å². The van der Waals surface area contributed by atoms with Gasteiger partial charge in [0.25, 0.3) is 0 Å². The number of nitrogens with two attached hydrogens (primary N) is 1. The van der Waals surface area contributed by atoms with Crippen LogP contribution in [0.4, 0.5) is 13.6 Å². The first-order valence-corrected chi connectivity index (χ1v) is 6.30. The number of nitrogens with one attached hydrogen (secondary N) is 1. The van der Waals surface area contributed by atoms with Gasteiger partial charge in [-0.15, -0.1) is 0 Å². The van der Waals surface area contributed by atoms with Gasteiger partial charge < -0.3 is 10.5 Å². The van der Waals surface area contributed by atoms with Crippen molar-refractivity contribution in [2.24, 2.45) is 10.8 Å². The van der Waals surface area contributed by atoms with Crippen LogP contribution in [0, 0.1) is 11.6 Å². The van der Waals surface area contributed by atoms with Crippen molar-refractivity contribution in [2.45, 2.75) is 6.61 Å². The van der Waals surface area contributed by atoms with Crippen molar-refractivity contribution in [3.8, 4) is 5.75 Å². The van der Waals surface area contributed by atoms with E-state index in [2.05, 4.69) is 10.5 Å². The van der Waals surface area contributed by atoms with Crippen molar-refractivity contribution in [1.29, 1.82) is 0 Å². The number of urea groups is 1. The Morgan fingerprint density at radius 3 is 2.41 bits per heavy atom. The highest BCUT2D eigenvalue weighted by Gasteiger charge is 2.08. The lowest BCUT2D eigenvalue weighted by Gasteiger charge is -2.08. The van der Waals surface area contributed by atoms with Crippen LogP contribution < -0.4 is 15.9 Å². The van der Waals surface area contributed by atoms with E-state index in [0.29, 0.717) is 11.3 Å². The van der Waals surface area contributed by atoms with Gasteiger partial charge in [-0.1, -0.05) is 6.07 Å². The van der Waals surface area contributed by atoms with E-state index in [1.54, 1.807) is 24.3 Å². The van der Waals surface area contributed by atoms with E-state index >= 15 is 0 Å². The first kappa shape index (κ1) is 15.4. The van der Waals surface area contributed by atoms with Gasteiger partial charge in [0, 0.05) is 0 Å². The van der Waals surface area contributed by atoms with Crippen LogP contribution >= 0.6 is 0 Å². The average Bonchev–Trinajstić information content (AvgIpc) is 2.48. The number of rotatable bonds is 5. The smallest absolute Gasteiger partial charge is 0.332 e. The minimum atomic E-state index is -0.761. The molecule has 7 heteroatoms. The molecule has 0 radical (unpaired) electrons. The van der Waals surface area contributed by atoms with Crippen LogP contribution in [0.2, 0.25) is 0 Å². The molecular weight excluding hydrogens is 292 g/mol. The van der Waals surface area contributed by atoms with E-state index < -0.39 is 17.7 Å². The highest BCUT2D eigenvalue weighted by molar-refractivity contribution is 5.81. The van der Waals surface area contributed by atoms with Crippen LogP contribution in [0.15, 0.2) is 47.6 Å². The Morgan fingerprint density at radius 2 is 1.82 bits per heavy atom. The number of halogens is 2. The molecular formula is C15H13F2N3O2. The van der Waals surface area contributed by atoms with E-state index in [1.165, 1.54) is 24.4 Å². The SMILES string of the molecule is NC(=O)NN=Cc1ccc(OCc2c(F)cccc2F)cc1. The molecule has 0 saturated carbocycles. The highest BCUT2D eigenvalue weighted by Crippen LogP contribution is 2.17. The summed E-state index contributed by atoms with van der Waals surface area (Å²) in [6, 6.07) is 9.44. The highest BCUT2D eigenvalue weighted by atomic mass is 19.1. The summed E-state index contributed by atoms with van der Waals surface area (Å²) in [5.41, 5.74) is 7.48. The first-order chi connectivity index (χ1) is 10.6. The monoisotopic (exact) mass is 305 g/mol. The lowest BCUT2D eigenvalue weighted by Crippen LogP contribution is -2.24.